The molecule has 0 radical (unpaired) electrons. The number of benzene rings is 1. The lowest BCUT2D eigenvalue weighted by atomic mass is 10.1. The average Bonchev–Trinajstić information content (AvgIpc) is 2.75. The molecule has 0 fully saturated rings. The lowest BCUT2D eigenvalue weighted by Gasteiger charge is -2.29. The van der Waals surface area contributed by atoms with E-state index < -0.39 is 0 Å². The highest BCUT2D eigenvalue weighted by Crippen LogP contribution is 2.34. The van der Waals surface area contributed by atoms with Crippen LogP contribution in [0.2, 0.25) is 0 Å². The molecule has 1 aliphatic rings. The van der Waals surface area contributed by atoms with Crippen molar-refractivity contribution in [1.82, 2.24) is 0 Å². The number of nitriles is 1. The molecule has 1 heterocycles. The Morgan fingerprint density at radius 2 is 2.28 bits per heavy atom. The van der Waals surface area contributed by atoms with Crippen LogP contribution in [0.4, 0.5) is 5.69 Å². The Labute approximate surface area is 107 Å². The average molecular weight is 244 g/mol. The normalized spacial score (nSPS) is 17.5. The molecule has 1 aromatic carbocycles. The van der Waals surface area contributed by atoms with Crippen molar-refractivity contribution >= 4 is 11.7 Å². The van der Waals surface area contributed by atoms with Crippen molar-refractivity contribution in [2.45, 2.75) is 32.4 Å². The van der Waals surface area contributed by atoms with Gasteiger partial charge in [0.1, 0.15) is 6.04 Å². The highest BCUT2D eigenvalue weighted by molar-refractivity contribution is 5.84. The summed E-state index contributed by atoms with van der Waals surface area (Å²) < 4.78 is 4.86. The molecular weight excluding hydrogens is 228 g/mol. The van der Waals surface area contributed by atoms with Gasteiger partial charge in [0.2, 0.25) is 0 Å². The predicted octanol–water partition coefficient (Wildman–Crippen LogP) is 1.87. The number of hydrogen-bond donors (Lipinski definition) is 0. The third-order valence-corrected chi connectivity index (χ3v) is 3.27. The highest BCUT2D eigenvalue weighted by atomic mass is 16.5. The Bertz CT molecular complexity index is 517. The van der Waals surface area contributed by atoms with Gasteiger partial charge < -0.3 is 9.64 Å². The second kappa shape index (κ2) is 4.69. The minimum absolute atomic E-state index is 0.211. The molecule has 4 heteroatoms. The number of esters is 1. The molecule has 0 saturated heterocycles. The van der Waals surface area contributed by atoms with Crippen LogP contribution in [-0.2, 0) is 16.0 Å². The lowest BCUT2D eigenvalue weighted by Crippen LogP contribution is -2.43. The first-order chi connectivity index (χ1) is 8.58. The molecule has 0 spiro atoms. The summed E-state index contributed by atoms with van der Waals surface area (Å²) in [5.74, 6) is -0.224. The number of hydrogen-bond acceptors (Lipinski definition) is 4. The van der Waals surface area contributed by atoms with Crippen LogP contribution in [0.1, 0.15) is 25.0 Å². The summed E-state index contributed by atoms with van der Waals surface area (Å²) in [6.07, 6.45) is 0.607. The summed E-state index contributed by atoms with van der Waals surface area (Å²) >= 11 is 0. The third kappa shape index (κ3) is 1.92. The van der Waals surface area contributed by atoms with Gasteiger partial charge >= 0.3 is 5.97 Å². The van der Waals surface area contributed by atoms with Crippen LogP contribution in [0.15, 0.2) is 18.2 Å². The maximum absolute atomic E-state index is 11.8. The number of fused-ring (bicyclic) bond motifs is 1. The first kappa shape index (κ1) is 12.4. The molecule has 1 unspecified atom stereocenters. The molecule has 0 N–H and O–H groups in total. The zero-order valence-electron chi connectivity index (χ0n) is 10.8. The van der Waals surface area contributed by atoms with Gasteiger partial charge in [0.15, 0.2) is 0 Å². The fourth-order valence-corrected chi connectivity index (χ4v) is 2.52. The molecule has 0 bridgehead atoms. The number of nitrogens with zero attached hydrogens (tertiary/aromatic N) is 2. The van der Waals surface area contributed by atoms with E-state index in [1.54, 1.807) is 6.07 Å². The Morgan fingerprint density at radius 3 is 2.83 bits per heavy atom. The van der Waals surface area contributed by atoms with Crippen LogP contribution in [-0.4, -0.2) is 25.2 Å². The van der Waals surface area contributed by atoms with Gasteiger partial charge in [-0.25, -0.2) is 4.79 Å². The zero-order valence-corrected chi connectivity index (χ0v) is 10.8. The van der Waals surface area contributed by atoms with Crippen molar-refractivity contribution in [1.29, 1.82) is 5.26 Å². The third-order valence-electron chi connectivity index (χ3n) is 3.27. The first-order valence-electron chi connectivity index (χ1n) is 5.97. The summed E-state index contributed by atoms with van der Waals surface area (Å²) in [6, 6.07) is 7.61. The summed E-state index contributed by atoms with van der Waals surface area (Å²) in [6.45, 7) is 4.09. The molecule has 1 aromatic rings. The van der Waals surface area contributed by atoms with Crippen LogP contribution in [0, 0.1) is 11.3 Å². The van der Waals surface area contributed by atoms with Gasteiger partial charge in [-0.05, 0) is 37.6 Å². The second-order valence-electron chi connectivity index (χ2n) is 4.70. The topological polar surface area (TPSA) is 53.3 Å². The van der Waals surface area contributed by atoms with Gasteiger partial charge in [-0.3, -0.25) is 0 Å². The monoisotopic (exact) mass is 244 g/mol. The van der Waals surface area contributed by atoms with E-state index in [1.165, 1.54) is 7.11 Å². The Balaban J connectivity index is 2.43. The number of carbonyl (C=O) groups is 1. The standard InChI is InChI=1S/C14H16N2O2/c1-9(2)16-12-5-4-10(8-15)6-11(12)7-13(16)14(17)18-3/h4-6,9,13H,7H2,1-3H3. The first-order valence-corrected chi connectivity index (χ1v) is 5.97. The largest absolute Gasteiger partial charge is 0.467 e. The van der Waals surface area contributed by atoms with Crippen LogP contribution < -0.4 is 4.90 Å². The molecular formula is C14H16N2O2. The van der Waals surface area contributed by atoms with Gasteiger partial charge in [0, 0.05) is 18.2 Å². The van der Waals surface area contributed by atoms with E-state index in [4.69, 9.17) is 10.00 Å². The lowest BCUT2D eigenvalue weighted by molar-refractivity contribution is -0.142. The van der Waals surface area contributed by atoms with E-state index in [-0.39, 0.29) is 18.1 Å². The summed E-state index contributed by atoms with van der Waals surface area (Å²) in [5, 5.41) is 8.91. The summed E-state index contributed by atoms with van der Waals surface area (Å²) in [4.78, 5) is 13.9. The van der Waals surface area contributed by atoms with Crippen molar-refractivity contribution in [3.8, 4) is 6.07 Å². The van der Waals surface area contributed by atoms with Crippen molar-refractivity contribution in [2.24, 2.45) is 0 Å². The van der Waals surface area contributed by atoms with E-state index in [0.717, 1.165) is 11.3 Å². The molecule has 0 aromatic heterocycles. The number of rotatable bonds is 2. The molecule has 0 saturated carbocycles. The van der Waals surface area contributed by atoms with Gasteiger partial charge in [-0.1, -0.05) is 0 Å². The summed E-state index contributed by atoms with van der Waals surface area (Å²) in [7, 11) is 1.41. The summed E-state index contributed by atoms with van der Waals surface area (Å²) in [5.41, 5.74) is 2.69. The molecule has 94 valence electrons. The number of anilines is 1. The molecule has 2 rings (SSSR count). The molecule has 4 nitrogen and oxygen atoms in total. The van der Waals surface area contributed by atoms with Crippen LogP contribution in [0.3, 0.4) is 0 Å². The molecule has 0 aliphatic carbocycles. The van der Waals surface area contributed by atoms with Crippen LogP contribution in [0.5, 0.6) is 0 Å². The minimum Gasteiger partial charge on any atom is -0.467 e. The quantitative estimate of drug-likeness (QED) is 0.745. The van der Waals surface area contributed by atoms with E-state index in [0.29, 0.717) is 12.0 Å². The Kier molecular flexibility index (Phi) is 3.24. The Morgan fingerprint density at radius 1 is 1.56 bits per heavy atom. The molecule has 1 atom stereocenters. The van der Waals surface area contributed by atoms with Gasteiger partial charge in [-0.15, -0.1) is 0 Å². The Hall–Kier alpha value is -2.02. The van der Waals surface area contributed by atoms with Crippen molar-refractivity contribution in [2.75, 3.05) is 12.0 Å². The van der Waals surface area contributed by atoms with Gasteiger partial charge in [0.25, 0.3) is 0 Å². The van der Waals surface area contributed by atoms with E-state index in [1.807, 2.05) is 26.0 Å². The molecule has 0 amide bonds. The maximum atomic E-state index is 11.8. The molecule has 18 heavy (non-hydrogen) atoms. The van der Waals surface area contributed by atoms with Crippen molar-refractivity contribution in [3.63, 3.8) is 0 Å². The fraction of sp³-hybridized carbons (Fsp3) is 0.429. The zero-order chi connectivity index (χ0) is 13.3. The van der Waals surface area contributed by atoms with Crippen molar-refractivity contribution in [3.05, 3.63) is 29.3 Å². The smallest absolute Gasteiger partial charge is 0.328 e. The maximum Gasteiger partial charge on any atom is 0.328 e. The minimum atomic E-state index is -0.279. The SMILES string of the molecule is COC(=O)C1Cc2cc(C#N)ccc2N1C(C)C. The van der Waals surface area contributed by atoms with Crippen molar-refractivity contribution < 1.29 is 9.53 Å². The van der Waals surface area contributed by atoms with Crippen LogP contribution >= 0.6 is 0 Å². The highest BCUT2D eigenvalue weighted by Gasteiger charge is 2.36. The van der Waals surface area contributed by atoms with E-state index in [9.17, 15) is 4.79 Å². The molecule has 1 aliphatic heterocycles. The predicted molar refractivity (Wildman–Crippen MR) is 68.3 cm³/mol. The van der Waals surface area contributed by atoms with E-state index >= 15 is 0 Å². The number of ether oxygens (including phenoxy) is 1. The van der Waals surface area contributed by atoms with Gasteiger partial charge in [0.05, 0.1) is 18.7 Å². The fourth-order valence-electron chi connectivity index (χ4n) is 2.52. The number of carbonyl (C=O) groups excluding carboxylic acids is 1. The van der Waals surface area contributed by atoms with Gasteiger partial charge in [-0.2, -0.15) is 5.26 Å². The second-order valence-corrected chi connectivity index (χ2v) is 4.70. The van der Waals surface area contributed by atoms with E-state index in [2.05, 4.69) is 11.0 Å². The number of methoxy groups -OCH3 is 1. The van der Waals surface area contributed by atoms with Crippen LogP contribution in [0.25, 0.3) is 0 Å².